The second-order valence-electron chi connectivity index (χ2n) is 6.16. The molecule has 0 saturated heterocycles. The molecule has 0 fully saturated rings. The third-order valence-corrected chi connectivity index (χ3v) is 4.37. The Kier molecular flexibility index (Phi) is 17.2. The predicted octanol–water partition coefficient (Wildman–Crippen LogP) is 6.76. The Bertz CT molecular complexity index is 252. The summed E-state index contributed by atoms with van der Waals surface area (Å²) in [6.45, 7) is 0. The summed E-state index contributed by atoms with van der Waals surface area (Å²) in [4.78, 5) is 21.1. The van der Waals surface area contributed by atoms with Crippen LogP contribution in [0.25, 0.3) is 0 Å². The Labute approximate surface area is 146 Å². The Balaban J connectivity index is 2.99. The summed E-state index contributed by atoms with van der Waals surface area (Å²) in [5, 5.41) is -0.403. The summed E-state index contributed by atoms with van der Waals surface area (Å²) in [5.41, 5.74) is 0. The minimum atomic E-state index is -0.201. The van der Waals surface area contributed by atoms with Gasteiger partial charge < -0.3 is 0 Å². The van der Waals surface area contributed by atoms with Gasteiger partial charge in [-0.1, -0.05) is 77.0 Å². The molecule has 22 heavy (non-hydrogen) atoms. The van der Waals surface area contributed by atoms with Crippen molar-refractivity contribution in [3.63, 3.8) is 0 Å². The van der Waals surface area contributed by atoms with Crippen molar-refractivity contribution in [2.24, 2.45) is 0 Å². The van der Waals surface area contributed by atoms with Crippen LogP contribution in [0.4, 0.5) is 0 Å². The van der Waals surface area contributed by atoms with Gasteiger partial charge in [0.25, 0.3) is 0 Å². The molecule has 0 unspecified atom stereocenters. The largest absolute Gasteiger partial charge is 0.281 e. The topological polar surface area (TPSA) is 34.1 Å². The molecule has 0 aromatic heterocycles. The number of rotatable bonds is 17. The number of hydrogen-bond acceptors (Lipinski definition) is 2. The molecule has 4 heteroatoms. The van der Waals surface area contributed by atoms with E-state index >= 15 is 0 Å². The first-order valence-electron chi connectivity index (χ1n) is 8.99. The maximum absolute atomic E-state index is 10.6. The normalized spacial score (nSPS) is 10.8. The van der Waals surface area contributed by atoms with Gasteiger partial charge in [0.15, 0.2) is 0 Å². The highest BCUT2D eigenvalue weighted by atomic mass is 35.5. The summed E-state index contributed by atoms with van der Waals surface area (Å²) in [7, 11) is 0. The van der Waals surface area contributed by atoms with Gasteiger partial charge in [0.2, 0.25) is 10.5 Å². The molecule has 0 amide bonds. The minimum absolute atomic E-state index is 0.201. The first-order chi connectivity index (χ1) is 10.6. The van der Waals surface area contributed by atoms with Crippen molar-refractivity contribution in [2.45, 2.75) is 103 Å². The molecule has 0 aromatic rings. The van der Waals surface area contributed by atoms with Gasteiger partial charge in [-0.15, -0.1) is 0 Å². The van der Waals surface area contributed by atoms with Crippen molar-refractivity contribution in [2.75, 3.05) is 0 Å². The van der Waals surface area contributed by atoms with Crippen LogP contribution in [-0.4, -0.2) is 10.5 Å². The Morgan fingerprint density at radius 1 is 0.409 bits per heavy atom. The Morgan fingerprint density at radius 3 is 0.773 bits per heavy atom. The molecule has 0 heterocycles. The summed E-state index contributed by atoms with van der Waals surface area (Å²) >= 11 is 10.6. The van der Waals surface area contributed by atoms with Crippen LogP contribution in [0.5, 0.6) is 0 Å². The molecular weight excluding hydrogens is 319 g/mol. The zero-order chi connectivity index (χ0) is 16.5. The molecule has 0 aliphatic rings. The lowest BCUT2D eigenvalue weighted by Crippen LogP contribution is -1.87. The van der Waals surface area contributed by atoms with Crippen molar-refractivity contribution in [3.8, 4) is 0 Å². The van der Waals surface area contributed by atoms with Crippen LogP contribution in [0, 0.1) is 0 Å². The first kappa shape index (κ1) is 21.9. The highest BCUT2D eigenvalue weighted by Crippen LogP contribution is 2.14. The third-order valence-electron chi connectivity index (χ3n) is 4.00. The fourth-order valence-electron chi connectivity index (χ4n) is 2.65. The molecule has 0 aromatic carbocycles. The van der Waals surface area contributed by atoms with Gasteiger partial charge in [-0.3, -0.25) is 9.59 Å². The second-order valence-corrected chi connectivity index (χ2v) is 7.00. The fourth-order valence-corrected chi connectivity index (χ4v) is 2.92. The van der Waals surface area contributed by atoms with Crippen LogP contribution in [0.3, 0.4) is 0 Å². The van der Waals surface area contributed by atoms with Crippen LogP contribution in [0.1, 0.15) is 103 Å². The predicted molar refractivity (Wildman–Crippen MR) is 95.6 cm³/mol. The number of unbranched alkanes of at least 4 members (excludes halogenated alkanes) is 13. The number of hydrogen-bond donors (Lipinski definition) is 0. The molecule has 2 nitrogen and oxygen atoms in total. The van der Waals surface area contributed by atoms with Crippen LogP contribution < -0.4 is 0 Å². The van der Waals surface area contributed by atoms with E-state index in [0.29, 0.717) is 12.8 Å². The average Bonchev–Trinajstić information content (AvgIpc) is 2.46. The molecule has 0 N–H and O–H groups in total. The molecule has 130 valence electrons. The molecule has 0 spiro atoms. The Morgan fingerprint density at radius 2 is 0.591 bits per heavy atom. The molecule has 0 atom stereocenters. The fraction of sp³-hybridized carbons (Fsp3) is 0.889. The van der Waals surface area contributed by atoms with Crippen molar-refractivity contribution in [1.29, 1.82) is 0 Å². The quantitative estimate of drug-likeness (QED) is 0.214. The zero-order valence-electron chi connectivity index (χ0n) is 13.9. The van der Waals surface area contributed by atoms with E-state index in [1.54, 1.807) is 0 Å². The van der Waals surface area contributed by atoms with Crippen LogP contribution in [0.15, 0.2) is 0 Å². The summed E-state index contributed by atoms with van der Waals surface area (Å²) in [6, 6.07) is 0. The first-order valence-corrected chi connectivity index (χ1v) is 9.75. The summed E-state index contributed by atoms with van der Waals surface area (Å²) in [6.07, 6.45) is 18.3. The molecule has 0 rings (SSSR count). The molecule has 0 saturated carbocycles. The van der Waals surface area contributed by atoms with E-state index < -0.39 is 0 Å². The zero-order valence-corrected chi connectivity index (χ0v) is 15.4. The standard InChI is InChI=1S/C18H32Cl2O2/c19-17(21)15-13-11-9-7-5-3-1-2-4-6-8-10-12-14-16-18(20)22/h1-16H2. The van der Waals surface area contributed by atoms with Gasteiger partial charge in [0.05, 0.1) is 0 Å². The highest BCUT2D eigenvalue weighted by molar-refractivity contribution is 6.63. The van der Waals surface area contributed by atoms with E-state index in [0.717, 1.165) is 25.7 Å². The van der Waals surface area contributed by atoms with Crippen molar-refractivity contribution in [3.05, 3.63) is 0 Å². The van der Waals surface area contributed by atoms with Gasteiger partial charge in [-0.05, 0) is 36.0 Å². The maximum Gasteiger partial charge on any atom is 0.221 e. The van der Waals surface area contributed by atoms with E-state index in [-0.39, 0.29) is 10.5 Å². The summed E-state index contributed by atoms with van der Waals surface area (Å²) < 4.78 is 0. The smallest absolute Gasteiger partial charge is 0.221 e. The average molecular weight is 351 g/mol. The molecule has 0 aliphatic heterocycles. The van der Waals surface area contributed by atoms with Gasteiger partial charge in [-0.2, -0.15) is 0 Å². The van der Waals surface area contributed by atoms with E-state index in [1.165, 1.54) is 64.2 Å². The SMILES string of the molecule is O=C(Cl)CCCCCCCCCCCCCCCCC(=O)Cl. The van der Waals surface area contributed by atoms with Gasteiger partial charge in [0, 0.05) is 12.8 Å². The number of halogens is 2. The minimum Gasteiger partial charge on any atom is -0.281 e. The molecular formula is C18H32Cl2O2. The second kappa shape index (κ2) is 17.3. The molecule has 0 aliphatic carbocycles. The van der Waals surface area contributed by atoms with Crippen LogP contribution >= 0.6 is 23.2 Å². The van der Waals surface area contributed by atoms with E-state index in [4.69, 9.17) is 23.2 Å². The molecule has 0 radical (unpaired) electrons. The van der Waals surface area contributed by atoms with E-state index in [2.05, 4.69) is 0 Å². The van der Waals surface area contributed by atoms with Crippen molar-refractivity contribution in [1.82, 2.24) is 0 Å². The van der Waals surface area contributed by atoms with Gasteiger partial charge >= 0.3 is 0 Å². The van der Waals surface area contributed by atoms with Crippen molar-refractivity contribution >= 4 is 33.7 Å². The van der Waals surface area contributed by atoms with Crippen LogP contribution in [0.2, 0.25) is 0 Å². The monoisotopic (exact) mass is 350 g/mol. The van der Waals surface area contributed by atoms with Gasteiger partial charge in [-0.25, -0.2) is 0 Å². The third kappa shape index (κ3) is 19.9. The number of carbonyl (C=O) groups is 2. The number of carbonyl (C=O) groups excluding carboxylic acids is 2. The van der Waals surface area contributed by atoms with Crippen LogP contribution in [-0.2, 0) is 9.59 Å². The maximum atomic E-state index is 10.6. The van der Waals surface area contributed by atoms with E-state index in [9.17, 15) is 9.59 Å². The Hall–Kier alpha value is -0.0800. The lowest BCUT2D eigenvalue weighted by Gasteiger charge is -2.03. The van der Waals surface area contributed by atoms with E-state index in [1.807, 2.05) is 0 Å². The lowest BCUT2D eigenvalue weighted by molar-refractivity contribution is -0.112. The lowest BCUT2D eigenvalue weighted by atomic mass is 10.0. The molecule has 0 bridgehead atoms. The van der Waals surface area contributed by atoms with Crippen molar-refractivity contribution < 1.29 is 9.59 Å². The summed E-state index contributed by atoms with van der Waals surface area (Å²) in [5.74, 6) is 0. The highest BCUT2D eigenvalue weighted by Gasteiger charge is 1.97. The van der Waals surface area contributed by atoms with Gasteiger partial charge in [0.1, 0.15) is 0 Å².